The standard InChI is InChI=1S/C26H30O6P2/c27-24(12-11-19-5-9-21(17-34)10-6-19)31-22-14-28-26-23(15-29-25(22)26)32-30-13-1-2-18-3-7-20(16-33)8-4-18/h1-12,22-23,25-26H,13-17,33-34H2/b2-1+,12-11-/t22-,23-,25-,26-/m1/s1. The predicted molar refractivity (Wildman–Crippen MR) is 138 cm³/mol. The van der Waals surface area contributed by atoms with Gasteiger partial charge < -0.3 is 14.2 Å². The smallest absolute Gasteiger partial charge is 0.331 e. The van der Waals surface area contributed by atoms with E-state index in [1.807, 2.05) is 36.4 Å². The highest BCUT2D eigenvalue weighted by Crippen LogP contribution is 2.30. The maximum absolute atomic E-state index is 12.3. The molecule has 6 nitrogen and oxygen atoms in total. The van der Waals surface area contributed by atoms with E-state index in [2.05, 4.69) is 42.7 Å². The molecular weight excluding hydrogens is 470 g/mol. The van der Waals surface area contributed by atoms with Gasteiger partial charge in [0.15, 0.2) is 6.10 Å². The summed E-state index contributed by atoms with van der Waals surface area (Å²) in [6.07, 6.45) is 7.35. The summed E-state index contributed by atoms with van der Waals surface area (Å²) in [6.45, 7) is 0.895. The lowest BCUT2D eigenvalue weighted by molar-refractivity contribution is -0.326. The fourth-order valence-corrected chi connectivity index (χ4v) is 4.39. The van der Waals surface area contributed by atoms with Gasteiger partial charge in [0, 0.05) is 6.08 Å². The number of hydrogen-bond donors (Lipinski definition) is 0. The number of fused-ring (bicyclic) bond motifs is 1. The fraction of sp³-hybridized carbons (Fsp3) is 0.346. The van der Waals surface area contributed by atoms with Crippen molar-refractivity contribution < 1.29 is 28.8 Å². The van der Waals surface area contributed by atoms with Crippen LogP contribution < -0.4 is 0 Å². The Morgan fingerprint density at radius 3 is 2.03 bits per heavy atom. The van der Waals surface area contributed by atoms with Gasteiger partial charge in [-0.05, 0) is 40.7 Å². The number of benzene rings is 2. The molecule has 6 atom stereocenters. The Kier molecular flexibility index (Phi) is 9.41. The van der Waals surface area contributed by atoms with Crippen LogP contribution in [0.15, 0.2) is 60.7 Å². The quantitative estimate of drug-likeness (QED) is 0.122. The second kappa shape index (κ2) is 12.7. The molecule has 0 aromatic heterocycles. The number of carbonyl (C=O) groups is 1. The number of esters is 1. The highest BCUT2D eigenvalue weighted by Gasteiger charge is 2.50. The summed E-state index contributed by atoms with van der Waals surface area (Å²) < 4.78 is 17.1. The largest absolute Gasteiger partial charge is 0.454 e. The van der Waals surface area contributed by atoms with Crippen LogP contribution in [0.25, 0.3) is 12.2 Å². The lowest BCUT2D eigenvalue weighted by Crippen LogP contribution is -2.34. The van der Waals surface area contributed by atoms with Crippen molar-refractivity contribution in [2.24, 2.45) is 0 Å². The molecule has 4 rings (SSSR count). The summed E-state index contributed by atoms with van der Waals surface area (Å²) in [5.41, 5.74) is 4.53. The third-order valence-corrected chi connectivity index (χ3v) is 6.68. The predicted octanol–water partition coefficient (Wildman–Crippen LogP) is 4.19. The van der Waals surface area contributed by atoms with Gasteiger partial charge in [-0.15, -0.1) is 18.5 Å². The summed E-state index contributed by atoms with van der Waals surface area (Å²) in [7, 11) is 5.40. The van der Waals surface area contributed by atoms with Crippen LogP contribution in [0.2, 0.25) is 0 Å². The van der Waals surface area contributed by atoms with E-state index in [-0.39, 0.29) is 24.9 Å². The number of rotatable bonds is 10. The fourth-order valence-electron chi connectivity index (χ4n) is 3.85. The van der Waals surface area contributed by atoms with Crippen LogP contribution in [0.3, 0.4) is 0 Å². The highest BCUT2D eigenvalue weighted by atomic mass is 31.0. The van der Waals surface area contributed by atoms with Gasteiger partial charge in [-0.25, -0.2) is 14.6 Å². The van der Waals surface area contributed by atoms with Gasteiger partial charge in [-0.2, -0.15) is 0 Å². The molecule has 0 N–H and O–H groups in total. The first kappa shape index (κ1) is 25.2. The lowest BCUT2D eigenvalue weighted by atomic mass is 10.1. The molecule has 34 heavy (non-hydrogen) atoms. The number of hydrogen-bond acceptors (Lipinski definition) is 6. The van der Waals surface area contributed by atoms with Crippen molar-refractivity contribution in [3.8, 4) is 0 Å². The first-order chi connectivity index (χ1) is 16.7. The van der Waals surface area contributed by atoms with E-state index in [1.54, 1.807) is 6.08 Å². The second-order valence-electron chi connectivity index (χ2n) is 8.12. The van der Waals surface area contributed by atoms with Crippen LogP contribution in [0.5, 0.6) is 0 Å². The van der Waals surface area contributed by atoms with Crippen LogP contribution in [-0.4, -0.2) is 50.2 Å². The molecule has 0 saturated carbocycles. The van der Waals surface area contributed by atoms with Gasteiger partial charge >= 0.3 is 5.97 Å². The van der Waals surface area contributed by atoms with E-state index >= 15 is 0 Å². The molecule has 2 fully saturated rings. The van der Waals surface area contributed by atoms with Crippen molar-refractivity contribution in [1.29, 1.82) is 0 Å². The molecule has 2 heterocycles. The van der Waals surface area contributed by atoms with Gasteiger partial charge in [-0.3, -0.25) is 0 Å². The van der Waals surface area contributed by atoms with Crippen molar-refractivity contribution in [1.82, 2.24) is 0 Å². The molecule has 2 aliphatic rings. The maximum atomic E-state index is 12.3. The minimum absolute atomic E-state index is 0.268. The molecule has 2 unspecified atom stereocenters. The zero-order valence-electron chi connectivity index (χ0n) is 18.9. The Morgan fingerprint density at radius 2 is 1.41 bits per heavy atom. The number of ether oxygens (including phenoxy) is 3. The molecule has 2 saturated heterocycles. The van der Waals surface area contributed by atoms with Crippen molar-refractivity contribution in [2.75, 3.05) is 19.8 Å². The summed E-state index contributed by atoms with van der Waals surface area (Å²) in [5, 5.41) is 0. The van der Waals surface area contributed by atoms with Crippen molar-refractivity contribution in [2.45, 2.75) is 36.7 Å². The molecule has 0 bridgehead atoms. The minimum atomic E-state index is -0.473. The zero-order valence-corrected chi connectivity index (χ0v) is 21.2. The Morgan fingerprint density at radius 1 is 0.853 bits per heavy atom. The lowest BCUT2D eigenvalue weighted by Gasteiger charge is -2.16. The summed E-state index contributed by atoms with van der Waals surface area (Å²) >= 11 is 0. The Balaban J connectivity index is 1.18. The minimum Gasteiger partial charge on any atom is -0.454 e. The topological polar surface area (TPSA) is 63.2 Å². The van der Waals surface area contributed by atoms with Crippen molar-refractivity contribution in [3.05, 3.63) is 82.9 Å². The normalized spacial score (nSPS) is 24.2. The molecule has 0 radical (unpaired) electrons. The zero-order chi connectivity index (χ0) is 23.8. The molecule has 0 amide bonds. The summed E-state index contributed by atoms with van der Waals surface area (Å²) in [4.78, 5) is 23.1. The van der Waals surface area contributed by atoms with Crippen LogP contribution >= 0.6 is 18.5 Å². The van der Waals surface area contributed by atoms with Crippen LogP contribution in [-0.2, 0) is 41.1 Å². The van der Waals surface area contributed by atoms with Gasteiger partial charge in [0.25, 0.3) is 0 Å². The van der Waals surface area contributed by atoms with E-state index in [4.69, 9.17) is 24.0 Å². The molecule has 2 aromatic carbocycles. The van der Waals surface area contributed by atoms with E-state index in [1.165, 1.54) is 17.2 Å². The van der Waals surface area contributed by atoms with Crippen LogP contribution in [0.4, 0.5) is 0 Å². The Bertz CT molecular complexity index is 989. The molecule has 0 aliphatic carbocycles. The third-order valence-electron chi connectivity index (χ3n) is 5.74. The molecular formula is C26H30O6P2. The molecule has 8 heteroatoms. The van der Waals surface area contributed by atoms with Gasteiger partial charge in [0.05, 0.1) is 13.2 Å². The Hall–Kier alpha value is -1.91. The molecule has 2 aromatic rings. The van der Waals surface area contributed by atoms with E-state index in [9.17, 15) is 4.79 Å². The Labute approximate surface area is 205 Å². The van der Waals surface area contributed by atoms with Crippen LogP contribution in [0.1, 0.15) is 22.3 Å². The molecule has 2 aliphatic heterocycles. The highest BCUT2D eigenvalue weighted by molar-refractivity contribution is 7.15. The maximum Gasteiger partial charge on any atom is 0.331 e. The monoisotopic (exact) mass is 500 g/mol. The van der Waals surface area contributed by atoms with Crippen LogP contribution in [0, 0.1) is 0 Å². The van der Waals surface area contributed by atoms with Crippen molar-refractivity contribution >= 4 is 36.6 Å². The first-order valence-electron chi connectivity index (χ1n) is 11.3. The first-order valence-corrected chi connectivity index (χ1v) is 12.9. The number of carbonyl (C=O) groups excluding carboxylic acids is 1. The average Bonchev–Trinajstić information content (AvgIpc) is 3.46. The summed E-state index contributed by atoms with van der Waals surface area (Å²) in [6, 6.07) is 16.3. The van der Waals surface area contributed by atoms with E-state index in [0.717, 1.165) is 23.5 Å². The summed E-state index contributed by atoms with van der Waals surface area (Å²) in [5.74, 6) is -0.426. The molecule has 0 spiro atoms. The van der Waals surface area contributed by atoms with Gasteiger partial charge in [-0.1, -0.05) is 60.7 Å². The average molecular weight is 500 g/mol. The third kappa shape index (κ3) is 6.82. The molecule has 180 valence electrons. The van der Waals surface area contributed by atoms with E-state index in [0.29, 0.717) is 13.2 Å². The van der Waals surface area contributed by atoms with Gasteiger partial charge in [0.2, 0.25) is 0 Å². The van der Waals surface area contributed by atoms with Gasteiger partial charge in [0.1, 0.15) is 24.9 Å². The van der Waals surface area contributed by atoms with E-state index < -0.39 is 12.1 Å². The SMILES string of the molecule is O=C(/C=C\c1ccc(CP)cc1)O[C@@H]1CO[C@H]2[C@@H]1OC[C@H]2OOC/C=C/c1ccc(CP)cc1. The second-order valence-corrected chi connectivity index (χ2v) is 8.93. The van der Waals surface area contributed by atoms with Crippen molar-refractivity contribution in [3.63, 3.8) is 0 Å².